The summed E-state index contributed by atoms with van der Waals surface area (Å²) >= 11 is 0. The van der Waals surface area contributed by atoms with Crippen LogP contribution in [0.15, 0.2) is 24.3 Å². The number of carbonyl (C=O) groups excluding carboxylic acids is 1. The lowest BCUT2D eigenvalue weighted by Gasteiger charge is -2.38. The first kappa shape index (κ1) is 26.2. The minimum Gasteiger partial charge on any atom is -0.479 e. The Morgan fingerprint density at radius 1 is 0.889 bits per heavy atom. The molecule has 2 aliphatic heterocycles. The number of carboxylic acid groups (broad SMARTS) is 1. The van der Waals surface area contributed by atoms with Crippen LogP contribution in [0.25, 0.3) is 11.1 Å². The molecule has 0 aliphatic carbocycles. The highest BCUT2D eigenvalue weighted by Gasteiger charge is 2.35. The molecule has 36 heavy (non-hydrogen) atoms. The predicted octanol–water partition coefficient (Wildman–Crippen LogP) is 6.18. The molecule has 1 N–H and O–H groups in total. The summed E-state index contributed by atoms with van der Waals surface area (Å²) in [6, 6.07) is 8.36. The number of hydrogen-bond donors (Lipinski definition) is 1. The molecule has 1 saturated heterocycles. The van der Waals surface area contributed by atoms with Crippen molar-refractivity contribution in [2.75, 3.05) is 19.6 Å². The first-order valence-corrected chi connectivity index (χ1v) is 13.1. The monoisotopic (exact) mass is 492 g/mol. The second kappa shape index (κ2) is 10.3. The van der Waals surface area contributed by atoms with Gasteiger partial charge in [-0.05, 0) is 101 Å². The Morgan fingerprint density at radius 3 is 2.11 bits per heavy atom. The molecule has 2 aromatic rings. The lowest BCUT2D eigenvalue weighted by molar-refractivity contribution is -0.160. The third-order valence-corrected chi connectivity index (χ3v) is 7.49. The van der Waals surface area contributed by atoms with Crippen molar-refractivity contribution in [3.05, 3.63) is 57.6 Å². The molecule has 0 spiro atoms. The molecule has 2 heterocycles. The summed E-state index contributed by atoms with van der Waals surface area (Å²) in [5.74, 6) is -1.00. The van der Waals surface area contributed by atoms with E-state index in [2.05, 4.69) is 31.2 Å². The number of benzene rings is 2. The van der Waals surface area contributed by atoms with Crippen molar-refractivity contribution < 1.29 is 19.4 Å². The molecule has 1 fully saturated rings. The maximum absolute atomic E-state index is 13.3. The Morgan fingerprint density at radius 2 is 1.53 bits per heavy atom. The molecule has 6 heteroatoms. The Balaban J connectivity index is 1.85. The van der Waals surface area contributed by atoms with E-state index in [0.717, 1.165) is 65.7 Å². The average Bonchev–Trinajstić information content (AvgIpc) is 2.84. The van der Waals surface area contributed by atoms with Crippen LogP contribution < -0.4 is 0 Å². The lowest BCUT2D eigenvalue weighted by Crippen LogP contribution is -2.47. The summed E-state index contributed by atoms with van der Waals surface area (Å²) in [4.78, 5) is 29.9. The molecule has 4 rings (SSSR count). The first-order valence-electron chi connectivity index (χ1n) is 13.1. The number of hydrogen-bond acceptors (Lipinski definition) is 3. The number of piperidine rings is 1. The molecule has 0 saturated carbocycles. The fourth-order valence-electron chi connectivity index (χ4n) is 5.68. The van der Waals surface area contributed by atoms with Gasteiger partial charge in [-0.1, -0.05) is 29.8 Å². The molecule has 6 nitrogen and oxygen atoms in total. The number of amides is 2. The van der Waals surface area contributed by atoms with Crippen LogP contribution in [0.2, 0.25) is 0 Å². The SMILES string of the molecule is Cc1ccc(-c2c(C)c3c(c(C)c2[C@H](OC(C)(C)C)C(=O)O)CN(C(=O)N2CCCCC2)CC3)cc1. The number of carboxylic acids is 1. The van der Waals surface area contributed by atoms with Gasteiger partial charge in [0, 0.05) is 31.7 Å². The highest BCUT2D eigenvalue weighted by atomic mass is 16.5. The fourth-order valence-corrected chi connectivity index (χ4v) is 5.68. The second-order valence-corrected chi connectivity index (χ2v) is 11.3. The number of rotatable bonds is 4. The predicted molar refractivity (Wildman–Crippen MR) is 142 cm³/mol. The summed E-state index contributed by atoms with van der Waals surface area (Å²) in [6.45, 7) is 14.6. The van der Waals surface area contributed by atoms with Gasteiger partial charge in [0.05, 0.1) is 5.60 Å². The summed E-state index contributed by atoms with van der Waals surface area (Å²) in [7, 11) is 0. The molecule has 0 bridgehead atoms. The molecule has 0 aromatic heterocycles. The van der Waals surface area contributed by atoms with Crippen LogP contribution in [-0.4, -0.2) is 52.1 Å². The van der Waals surface area contributed by atoms with Gasteiger partial charge >= 0.3 is 12.0 Å². The van der Waals surface area contributed by atoms with Crippen molar-refractivity contribution in [3.63, 3.8) is 0 Å². The number of aliphatic carboxylic acids is 1. The zero-order chi connectivity index (χ0) is 26.2. The van der Waals surface area contributed by atoms with Crippen molar-refractivity contribution in [1.29, 1.82) is 0 Å². The number of aryl methyl sites for hydroxylation is 1. The van der Waals surface area contributed by atoms with Crippen LogP contribution >= 0.6 is 0 Å². The molecule has 0 radical (unpaired) electrons. The summed E-state index contributed by atoms with van der Waals surface area (Å²) in [5.41, 5.74) is 7.45. The van der Waals surface area contributed by atoms with Crippen LogP contribution in [0.4, 0.5) is 4.79 Å². The molecular weight excluding hydrogens is 452 g/mol. The molecule has 1 atom stereocenters. The van der Waals surface area contributed by atoms with E-state index in [1.807, 2.05) is 44.4 Å². The van der Waals surface area contributed by atoms with E-state index < -0.39 is 17.7 Å². The summed E-state index contributed by atoms with van der Waals surface area (Å²) in [6.07, 6.45) is 2.95. The van der Waals surface area contributed by atoms with Crippen molar-refractivity contribution in [2.45, 2.75) is 85.5 Å². The fraction of sp³-hybridized carbons (Fsp3) is 0.533. The van der Waals surface area contributed by atoms with E-state index >= 15 is 0 Å². The quantitative estimate of drug-likeness (QED) is 0.553. The summed E-state index contributed by atoms with van der Waals surface area (Å²) < 4.78 is 6.18. The van der Waals surface area contributed by atoms with Gasteiger partial charge in [-0.15, -0.1) is 0 Å². The summed E-state index contributed by atoms with van der Waals surface area (Å²) in [5, 5.41) is 10.3. The maximum atomic E-state index is 13.3. The van der Waals surface area contributed by atoms with Crippen molar-refractivity contribution in [2.24, 2.45) is 0 Å². The Kier molecular flexibility index (Phi) is 7.46. The van der Waals surface area contributed by atoms with Crippen molar-refractivity contribution >= 4 is 12.0 Å². The zero-order valence-corrected chi connectivity index (χ0v) is 22.6. The molecule has 2 aromatic carbocycles. The van der Waals surface area contributed by atoms with Crippen LogP contribution in [0.5, 0.6) is 0 Å². The Hall–Kier alpha value is -2.86. The number of nitrogens with zero attached hydrogens (tertiary/aromatic N) is 2. The standard InChI is InChI=1S/C30H40N2O4/c1-19-10-12-22(13-11-19)25-20(2)23-14-17-32(29(35)31-15-8-7-9-16-31)18-24(23)21(3)26(25)27(28(33)34)36-30(4,5)6/h10-13,27H,7-9,14-18H2,1-6H3,(H,33,34)/t27-/m0/s1. The first-order chi connectivity index (χ1) is 17.0. The Labute approximate surface area is 215 Å². The van der Waals surface area contributed by atoms with Gasteiger partial charge in [-0.2, -0.15) is 0 Å². The molecular formula is C30H40N2O4. The largest absolute Gasteiger partial charge is 0.479 e. The highest BCUT2D eigenvalue weighted by molar-refractivity contribution is 5.84. The lowest BCUT2D eigenvalue weighted by atomic mass is 9.80. The van der Waals surface area contributed by atoms with Gasteiger partial charge in [0.25, 0.3) is 0 Å². The number of carbonyl (C=O) groups is 2. The molecule has 2 amide bonds. The number of ether oxygens (including phenoxy) is 1. The maximum Gasteiger partial charge on any atom is 0.337 e. The van der Waals surface area contributed by atoms with E-state index in [0.29, 0.717) is 18.7 Å². The van der Waals surface area contributed by atoms with Gasteiger partial charge < -0.3 is 19.6 Å². The third kappa shape index (κ3) is 5.29. The second-order valence-electron chi connectivity index (χ2n) is 11.3. The third-order valence-electron chi connectivity index (χ3n) is 7.49. The number of urea groups is 1. The Bertz CT molecular complexity index is 1140. The van der Waals surface area contributed by atoms with E-state index in [1.165, 1.54) is 12.0 Å². The highest BCUT2D eigenvalue weighted by Crippen LogP contribution is 2.42. The number of fused-ring (bicyclic) bond motifs is 1. The average molecular weight is 493 g/mol. The zero-order valence-electron chi connectivity index (χ0n) is 22.6. The van der Waals surface area contributed by atoms with Gasteiger partial charge in [-0.3, -0.25) is 0 Å². The van der Waals surface area contributed by atoms with E-state index in [9.17, 15) is 14.7 Å². The van der Waals surface area contributed by atoms with Crippen molar-refractivity contribution in [3.8, 4) is 11.1 Å². The number of likely N-dealkylation sites (tertiary alicyclic amines) is 1. The van der Waals surface area contributed by atoms with Gasteiger partial charge in [0.2, 0.25) is 0 Å². The minimum atomic E-state index is -1.11. The molecule has 0 unspecified atom stereocenters. The van der Waals surface area contributed by atoms with Crippen LogP contribution in [0.3, 0.4) is 0 Å². The molecule has 2 aliphatic rings. The minimum absolute atomic E-state index is 0.0993. The van der Waals surface area contributed by atoms with Crippen LogP contribution in [-0.2, 0) is 22.5 Å². The molecule has 194 valence electrons. The van der Waals surface area contributed by atoms with E-state index in [1.54, 1.807) is 0 Å². The van der Waals surface area contributed by atoms with Gasteiger partial charge in [0.1, 0.15) is 0 Å². The van der Waals surface area contributed by atoms with Crippen molar-refractivity contribution in [1.82, 2.24) is 9.80 Å². The van der Waals surface area contributed by atoms with Crippen LogP contribution in [0.1, 0.15) is 79.5 Å². The van der Waals surface area contributed by atoms with E-state index in [4.69, 9.17) is 4.74 Å². The van der Waals surface area contributed by atoms with E-state index in [-0.39, 0.29) is 6.03 Å². The normalized spacial score (nSPS) is 17.1. The smallest absolute Gasteiger partial charge is 0.337 e. The topological polar surface area (TPSA) is 70.1 Å². The van der Waals surface area contributed by atoms with Crippen LogP contribution in [0, 0.1) is 20.8 Å². The van der Waals surface area contributed by atoms with Gasteiger partial charge in [-0.25, -0.2) is 9.59 Å². The van der Waals surface area contributed by atoms with Gasteiger partial charge in [0.15, 0.2) is 6.10 Å².